The number of carbonyl (C=O) groups is 1. The second-order valence-electron chi connectivity index (χ2n) is 8.54. The molecular weight excluding hydrogens is 438 g/mol. The molecule has 0 aliphatic carbocycles. The smallest absolute Gasteiger partial charge is 0.419 e. The number of rotatable bonds is 7. The van der Waals surface area contributed by atoms with Crippen LogP contribution in [0.3, 0.4) is 0 Å². The molecule has 1 aliphatic heterocycles. The first kappa shape index (κ1) is 21.9. The Bertz CT molecular complexity index is 1430. The molecule has 10 heteroatoms. The highest BCUT2D eigenvalue weighted by Gasteiger charge is 2.26. The molecule has 0 radical (unpaired) electrons. The number of benzene rings is 1. The first-order chi connectivity index (χ1) is 16.4. The number of hydrogen-bond acceptors (Lipinski definition) is 7. The van der Waals surface area contributed by atoms with E-state index < -0.39 is 17.8 Å². The van der Waals surface area contributed by atoms with Crippen LogP contribution in [0.1, 0.15) is 34.8 Å². The fourth-order valence-corrected chi connectivity index (χ4v) is 4.58. The van der Waals surface area contributed by atoms with Gasteiger partial charge in [0.05, 0.1) is 31.4 Å². The summed E-state index contributed by atoms with van der Waals surface area (Å²) in [6.45, 7) is 3.94. The molecule has 1 aromatic carbocycles. The highest BCUT2D eigenvalue weighted by molar-refractivity contribution is 6.08. The van der Waals surface area contributed by atoms with E-state index in [0.717, 1.165) is 24.0 Å². The standard InChI is InChI=1S/C24H25N5O5/c1-13(29-12-16(34-24(29)32)11-28-9-15(25)10-28)17-4-3-5-18-20(22(23(30)31)27-21(17)18)14-6-7-26-19(8-14)33-2/h3-8,12-13,15,27H,9-11,25H2,1-2H3,(H,30,31)/t13-/m0/s1. The normalized spacial score (nSPS) is 15.4. The number of oxazole rings is 1. The molecule has 0 amide bonds. The van der Waals surface area contributed by atoms with Crippen molar-refractivity contribution in [1.82, 2.24) is 19.4 Å². The van der Waals surface area contributed by atoms with Crippen LogP contribution in [0.15, 0.2) is 51.9 Å². The average molecular weight is 463 g/mol. The lowest BCUT2D eigenvalue weighted by Gasteiger charge is -2.35. The van der Waals surface area contributed by atoms with Crippen LogP contribution in [0.25, 0.3) is 22.0 Å². The van der Waals surface area contributed by atoms with Gasteiger partial charge in [0.25, 0.3) is 0 Å². The number of ether oxygens (including phenoxy) is 1. The summed E-state index contributed by atoms with van der Waals surface area (Å²) >= 11 is 0. The highest BCUT2D eigenvalue weighted by Crippen LogP contribution is 2.37. The Morgan fingerprint density at radius 3 is 2.88 bits per heavy atom. The maximum atomic E-state index is 12.6. The number of nitrogens with two attached hydrogens (primary N) is 1. The van der Waals surface area contributed by atoms with Crippen LogP contribution in [0, 0.1) is 0 Å². The van der Waals surface area contributed by atoms with E-state index in [9.17, 15) is 14.7 Å². The molecule has 10 nitrogen and oxygen atoms in total. The lowest BCUT2D eigenvalue weighted by atomic mass is 9.99. The number of likely N-dealkylation sites (tertiary alicyclic amines) is 1. The van der Waals surface area contributed by atoms with Gasteiger partial charge in [0.2, 0.25) is 5.88 Å². The van der Waals surface area contributed by atoms with Gasteiger partial charge in [-0.25, -0.2) is 14.6 Å². The zero-order chi connectivity index (χ0) is 24.0. The van der Waals surface area contributed by atoms with Gasteiger partial charge in [0.1, 0.15) is 11.5 Å². The fourth-order valence-electron chi connectivity index (χ4n) is 4.58. The molecule has 4 N–H and O–H groups in total. The zero-order valence-electron chi connectivity index (χ0n) is 18.8. The van der Waals surface area contributed by atoms with E-state index in [-0.39, 0.29) is 11.7 Å². The minimum absolute atomic E-state index is 0.0530. The highest BCUT2D eigenvalue weighted by atomic mass is 16.5. The van der Waals surface area contributed by atoms with Gasteiger partial charge in [-0.1, -0.05) is 18.2 Å². The number of nitrogens with one attached hydrogen (secondary N) is 1. The van der Waals surface area contributed by atoms with Crippen molar-refractivity contribution in [1.29, 1.82) is 0 Å². The second kappa shape index (κ2) is 8.47. The van der Waals surface area contributed by atoms with E-state index in [1.54, 1.807) is 24.5 Å². The Balaban J connectivity index is 1.58. The first-order valence-corrected chi connectivity index (χ1v) is 10.9. The minimum Gasteiger partial charge on any atom is -0.481 e. The third-order valence-corrected chi connectivity index (χ3v) is 6.26. The molecule has 5 rings (SSSR count). The maximum Gasteiger partial charge on any atom is 0.419 e. The molecule has 1 atom stereocenters. The van der Waals surface area contributed by atoms with Gasteiger partial charge in [-0.2, -0.15) is 0 Å². The number of nitrogens with zero attached hydrogens (tertiary/aromatic N) is 3. The van der Waals surface area contributed by atoms with E-state index in [2.05, 4.69) is 14.9 Å². The lowest BCUT2D eigenvalue weighted by molar-refractivity contribution is 0.0692. The zero-order valence-corrected chi connectivity index (χ0v) is 18.8. The second-order valence-corrected chi connectivity index (χ2v) is 8.54. The van der Waals surface area contributed by atoms with E-state index in [4.69, 9.17) is 14.9 Å². The Morgan fingerprint density at radius 1 is 1.38 bits per heavy atom. The number of hydrogen-bond donors (Lipinski definition) is 3. The average Bonchev–Trinajstić information content (AvgIpc) is 3.38. The third-order valence-electron chi connectivity index (χ3n) is 6.26. The number of H-pyrrole nitrogens is 1. The molecule has 4 aromatic rings. The molecule has 176 valence electrons. The van der Waals surface area contributed by atoms with Crippen molar-refractivity contribution in [2.45, 2.75) is 25.6 Å². The van der Waals surface area contributed by atoms with Crippen LogP contribution in [0.4, 0.5) is 0 Å². The predicted octanol–water partition coefficient (Wildman–Crippen LogP) is 2.44. The van der Waals surface area contributed by atoms with Crippen molar-refractivity contribution in [3.63, 3.8) is 0 Å². The van der Waals surface area contributed by atoms with Crippen LogP contribution in [0.5, 0.6) is 5.88 Å². The Morgan fingerprint density at radius 2 is 2.18 bits per heavy atom. The van der Waals surface area contributed by atoms with Gasteiger partial charge >= 0.3 is 11.7 Å². The van der Waals surface area contributed by atoms with Crippen LogP contribution in [-0.4, -0.2) is 56.8 Å². The number of carboxylic acids is 1. The number of fused-ring (bicyclic) bond motifs is 1. The van der Waals surface area contributed by atoms with Crippen LogP contribution in [0.2, 0.25) is 0 Å². The van der Waals surface area contributed by atoms with E-state index >= 15 is 0 Å². The molecule has 3 aromatic heterocycles. The van der Waals surface area contributed by atoms with Gasteiger partial charge in [0.15, 0.2) is 0 Å². The number of methoxy groups -OCH3 is 1. The fraction of sp³-hybridized carbons (Fsp3) is 0.292. The van der Waals surface area contributed by atoms with Crippen molar-refractivity contribution in [2.75, 3.05) is 20.2 Å². The first-order valence-electron chi connectivity index (χ1n) is 10.9. The molecule has 1 saturated heterocycles. The SMILES string of the molecule is COc1cc(-c2c(C(=O)O)[nH]c3c([C@H](C)n4cc(CN5CC(N)C5)oc4=O)cccc23)ccn1. The summed E-state index contributed by atoms with van der Waals surface area (Å²) in [6.07, 6.45) is 3.29. The number of pyridine rings is 1. The van der Waals surface area contributed by atoms with E-state index in [1.165, 1.54) is 11.7 Å². The van der Waals surface area contributed by atoms with Crippen molar-refractivity contribution >= 4 is 16.9 Å². The summed E-state index contributed by atoms with van der Waals surface area (Å²) in [4.78, 5) is 34.1. The molecule has 34 heavy (non-hydrogen) atoms. The van der Waals surface area contributed by atoms with Crippen LogP contribution >= 0.6 is 0 Å². The van der Waals surface area contributed by atoms with Crippen molar-refractivity contribution in [3.05, 3.63) is 70.3 Å². The summed E-state index contributed by atoms with van der Waals surface area (Å²) in [7, 11) is 1.51. The molecular formula is C24H25N5O5. The number of aromatic amines is 1. The summed E-state index contributed by atoms with van der Waals surface area (Å²) in [5, 5.41) is 10.6. The van der Waals surface area contributed by atoms with Gasteiger partial charge in [0, 0.05) is 42.3 Å². The van der Waals surface area contributed by atoms with Crippen molar-refractivity contribution < 1.29 is 19.1 Å². The third kappa shape index (κ3) is 3.76. The minimum atomic E-state index is -1.09. The Hall–Kier alpha value is -3.89. The van der Waals surface area contributed by atoms with Crippen LogP contribution < -0.4 is 16.2 Å². The number of aromatic carboxylic acids is 1. The molecule has 4 heterocycles. The van der Waals surface area contributed by atoms with E-state index in [0.29, 0.717) is 34.8 Å². The Labute approximate surface area is 194 Å². The topological polar surface area (TPSA) is 140 Å². The van der Waals surface area contributed by atoms with Crippen molar-refractivity contribution in [2.24, 2.45) is 5.73 Å². The quantitative estimate of drug-likeness (QED) is 0.380. The van der Waals surface area contributed by atoms with Crippen molar-refractivity contribution in [3.8, 4) is 17.0 Å². The number of para-hydroxylation sites is 1. The monoisotopic (exact) mass is 463 g/mol. The Kier molecular flexibility index (Phi) is 5.46. The maximum absolute atomic E-state index is 12.6. The number of aromatic nitrogens is 3. The van der Waals surface area contributed by atoms with E-state index in [1.807, 2.05) is 25.1 Å². The molecule has 0 bridgehead atoms. The summed E-state index contributed by atoms with van der Waals surface area (Å²) < 4.78 is 12.2. The molecule has 0 spiro atoms. The molecule has 0 saturated carbocycles. The van der Waals surface area contributed by atoms with Gasteiger partial charge in [-0.05, 0) is 24.1 Å². The largest absolute Gasteiger partial charge is 0.481 e. The van der Waals surface area contributed by atoms with Crippen LogP contribution in [-0.2, 0) is 6.54 Å². The van der Waals surface area contributed by atoms with Gasteiger partial charge in [-0.3, -0.25) is 9.47 Å². The van der Waals surface area contributed by atoms with Gasteiger partial charge < -0.3 is 25.0 Å². The predicted molar refractivity (Wildman–Crippen MR) is 125 cm³/mol. The summed E-state index contributed by atoms with van der Waals surface area (Å²) in [6, 6.07) is 8.78. The number of carboxylic acid groups (broad SMARTS) is 1. The molecule has 1 aliphatic rings. The summed E-state index contributed by atoms with van der Waals surface area (Å²) in [5.41, 5.74) is 8.49. The van der Waals surface area contributed by atoms with Gasteiger partial charge in [-0.15, -0.1) is 0 Å². The summed E-state index contributed by atoms with van der Waals surface area (Å²) in [5.74, 6) is -0.601. The molecule has 1 fully saturated rings. The molecule has 0 unspecified atom stereocenters. The lowest BCUT2D eigenvalue weighted by Crippen LogP contribution is -2.54.